The first-order valence-corrected chi connectivity index (χ1v) is 10.9. The van der Waals surface area contributed by atoms with Crippen LogP contribution in [0.1, 0.15) is 18.4 Å². The molecule has 1 fully saturated rings. The van der Waals surface area contributed by atoms with Crippen LogP contribution >= 0.6 is 0 Å². The van der Waals surface area contributed by atoms with Gasteiger partial charge < -0.3 is 4.74 Å². The Morgan fingerprint density at radius 3 is 2.52 bits per heavy atom. The standard InChI is InChI=1S/C21H22N2O3S/c24-27(25,18-7-2-1-3-8-18)23-14-16-13-17(22-11-4-5-12-22)15-26-20-10-6-9-19(23)21(16)20/h1-3,6-10,14,17H,4-5,11-13,15H2. The van der Waals surface area contributed by atoms with Crippen molar-refractivity contribution in [3.8, 4) is 5.75 Å². The van der Waals surface area contributed by atoms with Gasteiger partial charge in [-0.1, -0.05) is 24.3 Å². The van der Waals surface area contributed by atoms with E-state index < -0.39 is 10.0 Å². The molecule has 0 amide bonds. The molecule has 140 valence electrons. The highest BCUT2D eigenvalue weighted by Crippen LogP contribution is 2.36. The van der Waals surface area contributed by atoms with Gasteiger partial charge in [0.05, 0.1) is 10.4 Å². The first-order valence-electron chi connectivity index (χ1n) is 9.45. The summed E-state index contributed by atoms with van der Waals surface area (Å²) in [7, 11) is -3.64. The molecule has 1 unspecified atom stereocenters. The molecule has 2 aromatic carbocycles. The maximum absolute atomic E-state index is 13.2. The van der Waals surface area contributed by atoms with Gasteiger partial charge in [0.25, 0.3) is 10.0 Å². The van der Waals surface area contributed by atoms with Crippen LogP contribution < -0.4 is 4.74 Å². The molecule has 5 rings (SSSR count). The van der Waals surface area contributed by atoms with Crippen LogP contribution in [0.4, 0.5) is 0 Å². The molecule has 1 aromatic heterocycles. The van der Waals surface area contributed by atoms with E-state index in [1.54, 1.807) is 30.5 Å². The van der Waals surface area contributed by atoms with Gasteiger partial charge in [0.15, 0.2) is 0 Å². The summed E-state index contributed by atoms with van der Waals surface area (Å²) in [5.74, 6) is 0.784. The van der Waals surface area contributed by atoms with Gasteiger partial charge in [-0.25, -0.2) is 12.4 Å². The van der Waals surface area contributed by atoms with Crippen LogP contribution in [0.5, 0.6) is 5.75 Å². The second-order valence-corrected chi connectivity index (χ2v) is 9.15. The van der Waals surface area contributed by atoms with E-state index in [0.717, 1.165) is 36.2 Å². The van der Waals surface area contributed by atoms with E-state index in [9.17, 15) is 8.42 Å². The molecule has 1 atom stereocenters. The zero-order valence-corrected chi connectivity index (χ0v) is 15.9. The number of benzene rings is 2. The van der Waals surface area contributed by atoms with E-state index in [4.69, 9.17) is 4.74 Å². The zero-order valence-electron chi connectivity index (χ0n) is 15.0. The molecule has 27 heavy (non-hydrogen) atoms. The van der Waals surface area contributed by atoms with Crippen molar-refractivity contribution in [1.82, 2.24) is 8.87 Å². The van der Waals surface area contributed by atoms with E-state index in [1.807, 2.05) is 24.3 Å². The topological polar surface area (TPSA) is 51.5 Å². The summed E-state index contributed by atoms with van der Waals surface area (Å²) >= 11 is 0. The van der Waals surface area contributed by atoms with Crippen molar-refractivity contribution < 1.29 is 13.2 Å². The zero-order chi connectivity index (χ0) is 18.4. The summed E-state index contributed by atoms with van der Waals surface area (Å²) in [6.45, 7) is 2.84. The highest BCUT2D eigenvalue weighted by Gasteiger charge is 2.30. The summed E-state index contributed by atoms with van der Waals surface area (Å²) in [5, 5.41) is 0.929. The average Bonchev–Trinajstić information content (AvgIpc) is 3.30. The summed E-state index contributed by atoms with van der Waals surface area (Å²) in [6.07, 6.45) is 5.06. The van der Waals surface area contributed by atoms with Crippen LogP contribution in [0.15, 0.2) is 59.6 Å². The molecule has 0 aliphatic carbocycles. The lowest BCUT2D eigenvalue weighted by Gasteiger charge is -2.25. The van der Waals surface area contributed by atoms with Gasteiger partial charge in [0, 0.05) is 17.6 Å². The lowest BCUT2D eigenvalue weighted by molar-refractivity contribution is 0.164. The average molecular weight is 382 g/mol. The van der Waals surface area contributed by atoms with Gasteiger partial charge in [-0.05, 0) is 62.2 Å². The van der Waals surface area contributed by atoms with Crippen LogP contribution in [-0.2, 0) is 16.4 Å². The van der Waals surface area contributed by atoms with Crippen LogP contribution in [0, 0.1) is 0 Å². The molecule has 3 aromatic rings. The van der Waals surface area contributed by atoms with Crippen LogP contribution in [0.2, 0.25) is 0 Å². The smallest absolute Gasteiger partial charge is 0.268 e. The number of aromatic nitrogens is 1. The van der Waals surface area contributed by atoms with Crippen LogP contribution in [-0.4, -0.2) is 43.0 Å². The quantitative estimate of drug-likeness (QED) is 0.698. The fourth-order valence-electron chi connectivity index (χ4n) is 4.32. The summed E-state index contributed by atoms with van der Waals surface area (Å²) < 4.78 is 34.0. The Morgan fingerprint density at radius 2 is 1.74 bits per heavy atom. The van der Waals surface area contributed by atoms with Gasteiger partial charge in [-0.3, -0.25) is 4.90 Å². The highest BCUT2D eigenvalue weighted by atomic mass is 32.2. The van der Waals surface area contributed by atoms with Crippen molar-refractivity contribution in [1.29, 1.82) is 0 Å². The number of ether oxygens (including phenoxy) is 1. The second kappa shape index (κ2) is 6.39. The van der Waals surface area contributed by atoms with E-state index in [0.29, 0.717) is 23.1 Å². The monoisotopic (exact) mass is 382 g/mol. The van der Waals surface area contributed by atoms with E-state index in [-0.39, 0.29) is 0 Å². The Bertz CT molecular complexity index is 1080. The van der Waals surface area contributed by atoms with Crippen molar-refractivity contribution in [3.05, 3.63) is 60.3 Å². The highest BCUT2D eigenvalue weighted by molar-refractivity contribution is 7.90. The molecule has 0 spiro atoms. The van der Waals surface area contributed by atoms with Gasteiger partial charge in [0.2, 0.25) is 0 Å². The SMILES string of the molecule is O=S(=O)(c1ccccc1)n1cc2c3c(cccc31)OCC(N1CCCC1)C2. The van der Waals surface area contributed by atoms with E-state index in [2.05, 4.69) is 4.90 Å². The fraction of sp³-hybridized carbons (Fsp3) is 0.333. The number of rotatable bonds is 3. The maximum Gasteiger partial charge on any atom is 0.268 e. The minimum atomic E-state index is -3.64. The predicted molar refractivity (Wildman–Crippen MR) is 105 cm³/mol. The van der Waals surface area contributed by atoms with Crippen molar-refractivity contribution in [3.63, 3.8) is 0 Å². The van der Waals surface area contributed by atoms with Gasteiger partial charge in [-0.2, -0.15) is 0 Å². The molecule has 0 N–H and O–H groups in total. The van der Waals surface area contributed by atoms with Crippen LogP contribution in [0.3, 0.4) is 0 Å². The summed E-state index contributed by atoms with van der Waals surface area (Å²) in [5.41, 5.74) is 1.74. The van der Waals surface area contributed by atoms with Gasteiger partial charge in [0.1, 0.15) is 12.4 Å². The van der Waals surface area contributed by atoms with Crippen molar-refractivity contribution in [2.75, 3.05) is 19.7 Å². The molecule has 0 bridgehead atoms. The number of likely N-dealkylation sites (tertiary alicyclic amines) is 1. The van der Waals surface area contributed by atoms with Crippen molar-refractivity contribution in [2.45, 2.75) is 30.2 Å². The Kier molecular flexibility index (Phi) is 3.98. The molecule has 2 aliphatic rings. The predicted octanol–water partition coefficient (Wildman–Crippen LogP) is 3.28. The van der Waals surface area contributed by atoms with E-state index >= 15 is 0 Å². The first kappa shape index (κ1) is 16.8. The lowest BCUT2D eigenvalue weighted by atomic mass is 10.1. The molecule has 1 saturated heterocycles. The molecule has 0 radical (unpaired) electrons. The Morgan fingerprint density at radius 1 is 0.963 bits per heavy atom. The molecule has 2 aliphatic heterocycles. The van der Waals surface area contributed by atoms with E-state index in [1.165, 1.54) is 16.8 Å². The molecule has 5 nitrogen and oxygen atoms in total. The Balaban J connectivity index is 1.65. The molecule has 3 heterocycles. The number of nitrogens with zero attached hydrogens (tertiary/aromatic N) is 2. The largest absolute Gasteiger partial charge is 0.491 e. The molecule has 0 saturated carbocycles. The molecular formula is C21H22N2O3S. The third-order valence-corrected chi connectivity index (χ3v) is 7.37. The molecule has 6 heteroatoms. The van der Waals surface area contributed by atoms with Crippen LogP contribution in [0.25, 0.3) is 10.9 Å². The Labute approximate surface area is 159 Å². The first-order chi connectivity index (χ1) is 13.1. The fourth-order valence-corrected chi connectivity index (χ4v) is 5.73. The number of hydrogen-bond donors (Lipinski definition) is 0. The second-order valence-electron chi connectivity index (χ2n) is 7.33. The minimum Gasteiger partial charge on any atom is -0.491 e. The summed E-state index contributed by atoms with van der Waals surface area (Å²) in [6, 6.07) is 14.6. The van der Waals surface area contributed by atoms with Gasteiger partial charge in [-0.15, -0.1) is 0 Å². The third kappa shape index (κ3) is 2.75. The third-order valence-electron chi connectivity index (χ3n) is 5.68. The summed E-state index contributed by atoms with van der Waals surface area (Å²) in [4.78, 5) is 2.77. The number of hydrogen-bond acceptors (Lipinski definition) is 4. The molecular weight excluding hydrogens is 360 g/mol. The maximum atomic E-state index is 13.2. The Hall–Kier alpha value is -2.31. The van der Waals surface area contributed by atoms with Crippen molar-refractivity contribution >= 4 is 20.9 Å². The lowest BCUT2D eigenvalue weighted by Crippen LogP contribution is -2.38. The minimum absolute atomic E-state index is 0.290. The van der Waals surface area contributed by atoms with Crippen molar-refractivity contribution in [2.24, 2.45) is 0 Å². The van der Waals surface area contributed by atoms with Gasteiger partial charge >= 0.3 is 0 Å². The normalized spacial score (nSPS) is 20.5.